The number of hydrogen-bond donors (Lipinski definition) is 0. The van der Waals surface area contributed by atoms with Crippen LogP contribution in [0.1, 0.15) is 43.2 Å². The van der Waals surface area contributed by atoms with Gasteiger partial charge in [-0.3, -0.25) is 9.48 Å². The summed E-state index contributed by atoms with van der Waals surface area (Å²) in [7, 11) is 1.94. The molecule has 7 heteroatoms. The Labute approximate surface area is 157 Å². The second-order valence-electron chi connectivity index (χ2n) is 7.77. The molecule has 0 bridgehead atoms. The zero-order valence-corrected chi connectivity index (χ0v) is 15.7. The fraction of sp³-hybridized carbons (Fsp3) is 0.500. The van der Waals surface area contributed by atoms with Crippen LogP contribution in [0.2, 0.25) is 0 Å². The van der Waals surface area contributed by atoms with Crippen molar-refractivity contribution in [2.45, 2.75) is 38.5 Å². The van der Waals surface area contributed by atoms with Gasteiger partial charge in [0, 0.05) is 42.9 Å². The third-order valence-electron chi connectivity index (χ3n) is 5.82. The smallest absolute Gasteiger partial charge is 0.230 e. The third-order valence-corrected chi connectivity index (χ3v) is 5.82. The Morgan fingerprint density at radius 1 is 1.19 bits per heavy atom. The zero-order chi connectivity index (χ0) is 18.5. The highest BCUT2D eigenvalue weighted by atomic mass is 16.5. The maximum Gasteiger partial charge on any atom is 0.230 e. The van der Waals surface area contributed by atoms with Crippen molar-refractivity contribution in [3.63, 3.8) is 0 Å². The first kappa shape index (κ1) is 16.5. The van der Waals surface area contributed by atoms with Crippen LogP contribution in [0.5, 0.6) is 0 Å². The van der Waals surface area contributed by atoms with Gasteiger partial charge in [-0.1, -0.05) is 17.3 Å². The van der Waals surface area contributed by atoms with E-state index in [0.717, 1.165) is 60.9 Å². The largest absolute Gasteiger partial charge is 0.342 e. The van der Waals surface area contributed by atoms with Crippen molar-refractivity contribution in [2.24, 2.45) is 13.0 Å². The summed E-state index contributed by atoms with van der Waals surface area (Å²) >= 11 is 0. The highest BCUT2D eigenvalue weighted by Crippen LogP contribution is 2.34. The van der Waals surface area contributed by atoms with E-state index >= 15 is 0 Å². The van der Waals surface area contributed by atoms with Crippen LogP contribution in [0.3, 0.4) is 0 Å². The van der Waals surface area contributed by atoms with Gasteiger partial charge in [0.15, 0.2) is 0 Å². The molecule has 0 N–H and O–H groups in total. The Morgan fingerprint density at radius 3 is 2.70 bits per heavy atom. The first-order valence-corrected chi connectivity index (χ1v) is 9.66. The lowest BCUT2D eigenvalue weighted by atomic mass is 9.96. The summed E-state index contributed by atoms with van der Waals surface area (Å²) < 4.78 is 7.45. The van der Waals surface area contributed by atoms with Crippen LogP contribution in [0.4, 0.5) is 0 Å². The van der Waals surface area contributed by atoms with Crippen LogP contribution in [0.25, 0.3) is 22.3 Å². The van der Waals surface area contributed by atoms with E-state index in [-0.39, 0.29) is 5.92 Å². The number of carbonyl (C=O) groups is 1. The lowest BCUT2D eigenvalue weighted by Crippen LogP contribution is -2.38. The standard InChI is InChI=1S/C20H23N5O2/c1-12-16-6-5-15(11-17(16)24(2)22-12)18-21-19(27-23-18)13-7-9-25(10-8-13)20(26)14-3-4-14/h5-6,11,13-14H,3-4,7-10H2,1-2H3. The molecule has 5 rings (SSSR count). The van der Waals surface area contributed by atoms with Crippen LogP contribution in [0.15, 0.2) is 22.7 Å². The first-order chi connectivity index (χ1) is 13.1. The highest BCUT2D eigenvalue weighted by Gasteiger charge is 2.36. The molecule has 3 heterocycles. The summed E-state index contributed by atoms with van der Waals surface area (Å²) in [6, 6.07) is 6.13. The van der Waals surface area contributed by atoms with Gasteiger partial charge in [0.25, 0.3) is 0 Å². The van der Waals surface area contributed by atoms with Crippen molar-refractivity contribution in [2.75, 3.05) is 13.1 Å². The molecule has 1 aliphatic heterocycles. The van der Waals surface area contributed by atoms with Gasteiger partial charge in [-0.05, 0) is 38.7 Å². The lowest BCUT2D eigenvalue weighted by molar-refractivity contribution is -0.133. The number of fused-ring (bicyclic) bond motifs is 1. The van der Waals surface area contributed by atoms with Crippen LogP contribution in [-0.4, -0.2) is 43.8 Å². The molecule has 0 atom stereocenters. The van der Waals surface area contributed by atoms with E-state index in [0.29, 0.717) is 23.5 Å². The molecule has 140 valence electrons. The molecule has 3 aromatic rings. The molecule has 1 aromatic carbocycles. The van der Waals surface area contributed by atoms with E-state index in [1.807, 2.05) is 29.6 Å². The minimum absolute atomic E-state index is 0.234. The van der Waals surface area contributed by atoms with Gasteiger partial charge in [0.05, 0.1) is 11.2 Å². The van der Waals surface area contributed by atoms with Gasteiger partial charge in [-0.2, -0.15) is 10.1 Å². The molecule has 0 radical (unpaired) electrons. The maximum atomic E-state index is 12.2. The summed E-state index contributed by atoms with van der Waals surface area (Å²) in [4.78, 5) is 18.9. The molecule has 1 saturated heterocycles. The van der Waals surface area contributed by atoms with Crippen LogP contribution >= 0.6 is 0 Å². The number of benzene rings is 1. The van der Waals surface area contributed by atoms with Crippen molar-refractivity contribution in [3.8, 4) is 11.4 Å². The van der Waals surface area contributed by atoms with Crippen LogP contribution in [0, 0.1) is 12.8 Å². The molecule has 2 aliphatic rings. The van der Waals surface area contributed by atoms with Gasteiger partial charge in [-0.15, -0.1) is 0 Å². The average molecular weight is 365 g/mol. The minimum atomic E-state index is 0.234. The third kappa shape index (κ3) is 2.91. The van der Waals surface area contributed by atoms with Crippen molar-refractivity contribution in [3.05, 3.63) is 29.8 Å². The maximum absolute atomic E-state index is 12.2. The van der Waals surface area contributed by atoms with E-state index < -0.39 is 0 Å². The summed E-state index contributed by atoms with van der Waals surface area (Å²) in [5, 5.41) is 9.80. The number of aryl methyl sites for hydroxylation is 2. The van der Waals surface area contributed by atoms with Crippen LogP contribution in [-0.2, 0) is 11.8 Å². The Morgan fingerprint density at radius 2 is 1.96 bits per heavy atom. The Kier molecular flexibility index (Phi) is 3.77. The molecule has 1 saturated carbocycles. The SMILES string of the molecule is Cc1nn(C)c2cc(-c3noc(C4CCN(C(=O)C5CC5)CC4)n3)ccc12. The number of amides is 1. The topological polar surface area (TPSA) is 77.0 Å². The summed E-state index contributed by atoms with van der Waals surface area (Å²) in [6.45, 7) is 3.59. The Hall–Kier alpha value is -2.70. The van der Waals surface area contributed by atoms with E-state index in [9.17, 15) is 4.79 Å². The molecule has 27 heavy (non-hydrogen) atoms. The van der Waals surface area contributed by atoms with Gasteiger partial charge in [-0.25, -0.2) is 0 Å². The predicted octanol–water partition coefficient (Wildman–Crippen LogP) is 3.05. The monoisotopic (exact) mass is 365 g/mol. The molecular weight excluding hydrogens is 342 g/mol. The van der Waals surface area contributed by atoms with Crippen LogP contribution < -0.4 is 0 Å². The molecule has 2 fully saturated rings. The highest BCUT2D eigenvalue weighted by molar-refractivity contribution is 5.85. The van der Waals surface area contributed by atoms with E-state index in [4.69, 9.17) is 4.52 Å². The molecular formula is C20H23N5O2. The molecule has 0 spiro atoms. The van der Waals surface area contributed by atoms with Crippen molar-refractivity contribution in [1.29, 1.82) is 0 Å². The normalized spacial score (nSPS) is 18.4. The number of likely N-dealkylation sites (tertiary alicyclic amines) is 1. The van der Waals surface area contributed by atoms with Crippen molar-refractivity contribution >= 4 is 16.8 Å². The van der Waals surface area contributed by atoms with Crippen molar-refractivity contribution in [1.82, 2.24) is 24.8 Å². The number of piperidine rings is 1. The second kappa shape index (κ2) is 6.18. The zero-order valence-electron chi connectivity index (χ0n) is 15.7. The van der Waals surface area contributed by atoms with E-state index in [1.54, 1.807) is 0 Å². The number of carbonyl (C=O) groups excluding carboxylic acids is 1. The van der Waals surface area contributed by atoms with Gasteiger partial charge in [0.2, 0.25) is 17.6 Å². The van der Waals surface area contributed by atoms with E-state index in [2.05, 4.69) is 27.4 Å². The Balaban J connectivity index is 1.33. The van der Waals surface area contributed by atoms with Gasteiger partial charge < -0.3 is 9.42 Å². The molecule has 7 nitrogen and oxygen atoms in total. The van der Waals surface area contributed by atoms with Gasteiger partial charge >= 0.3 is 0 Å². The average Bonchev–Trinajstić information content (AvgIpc) is 3.35. The molecule has 1 amide bonds. The van der Waals surface area contributed by atoms with Gasteiger partial charge in [0.1, 0.15) is 0 Å². The number of nitrogens with zero attached hydrogens (tertiary/aromatic N) is 5. The quantitative estimate of drug-likeness (QED) is 0.713. The predicted molar refractivity (Wildman–Crippen MR) is 100 cm³/mol. The second-order valence-corrected chi connectivity index (χ2v) is 7.77. The lowest BCUT2D eigenvalue weighted by Gasteiger charge is -2.30. The molecule has 1 aliphatic carbocycles. The minimum Gasteiger partial charge on any atom is -0.342 e. The molecule has 2 aromatic heterocycles. The summed E-state index contributed by atoms with van der Waals surface area (Å²) in [6.07, 6.45) is 3.90. The van der Waals surface area contributed by atoms with E-state index in [1.165, 1.54) is 0 Å². The number of aromatic nitrogens is 4. The fourth-order valence-corrected chi connectivity index (χ4v) is 4.03. The number of rotatable bonds is 3. The van der Waals surface area contributed by atoms with Crippen molar-refractivity contribution < 1.29 is 9.32 Å². The first-order valence-electron chi connectivity index (χ1n) is 9.66. The number of hydrogen-bond acceptors (Lipinski definition) is 5. The fourth-order valence-electron chi connectivity index (χ4n) is 4.03. The molecule has 0 unspecified atom stereocenters. The Bertz CT molecular complexity index is 1010. The summed E-state index contributed by atoms with van der Waals surface area (Å²) in [5.41, 5.74) is 3.01. The summed E-state index contributed by atoms with van der Waals surface area (Å²) in [5.74, 6) is 2.16.